The second-order valence-corrected chi connectivity index (χ2v) is 60.2. The molecule has 554 valence electrons. The highest BCUT2D eigenvalue weighted by Gasteiger charge is 2.58. The molecule has 12 unspecified atom stereocenters. The van der Waals surface area contributed by atoms with Gasteiger partial charge >= 0.3 is 11.9 Å². The number of ether oxygens (including phenoxy) is 7. The molecule has 1 aromatic carbocycles. The molecule has 0 spiro atoms. The van der Waals surface area contributed by atoms with Crippen molar-refractivity contribution in [1.29, 1.82) is 0 Å². The summed E-state index contributed by atoms with van der Waals surface area (Å²) < 4.78 is 83.2. The molecule has 0 bridgehead atoms. The van der Waals surface area contributed by atoms with Gasteiger partial charge in [-0.2, -0.15) is 0 Å². The molecule has 0 aromatic heterocycles. The summed E-state index contributed by atoms with van der Waals surface area (Å²) in [5.74, 6) is -0.943. The maximum absolute atomic E-state index is 14.5. The maximum atomic E-state index is 14.5. The molecule has 4 fully saturated rings. The number of hydrogen-bond acceptors (Lipinski definition) is 15. The van der Waals surface area contributed by atoms with Crippen LogP contribution >= 0.6 is 0 Å². The average molecular weight is 1440 g/mol. The average Bonchev–Trinajstić information content (AvgIpc) is 1.13. The van der Waals surface area contributed by atoms with Crippen molar-refractivity contribution in [2.24, 2.45) is 11.8 Å². The van der Waals surface area contributed by atoms with Gasteiger partial charge in [-0.3, -0.25) is 9.59 Å². The van der Waals surface area contributed by atoms with Crippen molar-refractivity contribution in [2.45, 2.75) is 351 Å². The zero-order valence-corrected chi connectivity index (χ0v) is 70.9. The normalized spacial score (nSPS) is 28.5. The molecule has 1 aromatic rings. The molecule has 0 radical (unpaired) electrons. The van der Waals surface area contributed by atoms with Gasteiger partial charge in [0.25, 0.3) is 0 Å². The fourth-order valence-corrected chi connectivity index (χ4v) is 18.4. The van der Waals surface area contributed by atoms with Crippen molar-refractivity contribution in [3.63, 3.8) is 0 Å². The van der Waals surface area contributed by atoms with E-state index in [-0.39, 0.29) is 104 Å². The molecule has 0 N–H and O–H groups in total. The van der Waals surface area contributed by atoms with Gasteiger partial charge in [-0.1, -0.05) is 154 Å². The van der Waals surface area contributed by atoms with E-state index in [1.165, 1.54) is 7.11 Å². The summed E-state index contributed by atoms with van der Waals surface area (Å²) in [6.07, 6.45) is 3.94. The van der Waals surface area contributed by atoms with E-state index in [0.717, 1.165) is 30.4 Å². The van der Waals surface area contributed by atoms with Crippen molar-refractivity contribution in [2.75, 3.05) is 20.8 Å². The predicted octanol–water partition coefficient (Wildman–Crippen LogP) is 18.6. The molecule has 0 aliphatic carbocycles. The summed E-state index contributed by atoms with van der Waals surface area (Å²) in [7, 11) is -9.17. The van der Waals surface area contributed by atoms with Crippen LogP contribution < -0.4 is 0 Å². The number of carbonyl (C=O) groups is 3. The minimum absolute atomic E-state index is 0.0220. The molecule has 15 nitrogen and oxygen atoms in total. The molecule has 20 heteroatoms. The number of carbonyl (C=O) groups excluding carboxylic acids is 3. The summed E-state index contributed by atoms with van der Waals surface area (Å²) in [6.45, 7) is 71.7. The largest absolute Gasteiger partial charge is 0.469 e. The monoisotopic (exact) mass is 1440 g/mol. The number of benzene rings is 1. The first-order valence-electron chi connectivity index (χ1n) is 36.3. The molecular weight excluding hydrogens is 1310 g/mol. The molecule has 4 heterocycles. The lowest BCUT2D eigenvalue weighted by molar-refractivity contribution is -0.227. The molecular formula is C77H136O15Si5. The van der Waals surface area contributed by atoms with Crippen LogP contribution in [0.25, 0.3) is 0 Å². The lowest BCUT2D eigenvalue weighted by atomic mass is 9.82. The smallest absolute Gasteiger partial charge is 0.338 e. The maximum Gasteiger partial charge on any atom is 0.338 e. The lowest BCUT2D eigenvalue weighted by Crippen LogP contribution is -2.68. The number of ketones is 1. The van der Waals surface area contributed by atoms with Gasteiger partial charge < -0.3 is 55.3 Å². The van der Waals surface area contributed by atoms with Crippen LogP contribution in [0.3, 0.4) is 0 Å². The third-order valence-corrected chi connectivity index (χ3v) is 46.2. The van der Waals surface area contributed by atoms with Gasteiger partial charge in [0.1, 0.15) is 24.4 Å². The van der Waals surface area contributed by atoms with E-state index >= 15 is 0 Å². The Morgan fingerprint density at radius 3 is 1.70 bits per heavy atom. The number of methoxy groups -OCH3 is 2. The number of hydrogen-bond donors (Lipinski definition) is 0. The standard InChI is InChI=1S/C77H136O15Si5/c1-32-36-61-68(88-72(80)54-37-34-33-35-38-54)70(91-96(28,29)76(14,15)16)71(92-97(30,31)77(17,18)19)69(87-61)62(90-95(26,27)75(11,12)13)43-40-55(78)39-41-56-46-52(3)60(84-56)44-42-57-45-51(2)53(4)63(85-57)49-64-59(48-66(79)81-20)67(82-21)65(86-64)47-58(89-94(24,25)74(8,9)10)50-83-93(22,23)73(5,6)7/h32-35,37-38,40,43,51,56-65,67-71H,1,3-4,36,39,41-42,44-50H2,2,5-31H3/b43-40+/t51?,56?,57?,58?,59?,60-,61?,62?,63?,64-,65?,67+,68?,69-,70?,71?/m0/s1. The van der Waals surface area contributed by atoms with Gasteiger partial charge in [-0.15, -0.1) is 6.58 Å². The Hall–Kier alpha value is -2.53. The lowest BCUT2D eigenvalue weighted by Gasteiger charge is -2.54. The Balaban J connectivity index is 1.36. The van der Waals surface area contributed by atoms with Crippen molar-refractivity contribution >= 4 is 59.3 Å². The van der Waals surface area contributed by atoms with Gasteiger partial charge in [0.15, 0.2) is 53.5 Å². The van der Waals surface area contributed by atoms with Crippen molar-refractivity contribution in [3.05, 3.63) is 85.0 Å². The molecule has 4 aliphatic rings. The Morgan fingerprint density at radius 1 is 0.619 bits per heavy atom. The minimum atomic E-state index is -2.66. The second kappa shape index (κ2) is 33.5. The zero-order valence-electron chi connectivity index (χ0n) is 65.9. The van der Waals surface area contributed by atoms with E-state index in [2.05, 4.69) is 196 Å². The van der Waals surface area contributed by atoms with Crippen LogP contribution in [0.1, 0.15) is 185 Å². The molecule has 97 heavy (non-hydrogen) atoms. The van der Waals surface area contributed by atoms with Gasteiger partial charge in [-0.05, 0) is 164 Å². The summed E-state index contributed by atoms with van der Waals surface area (Å²) >= 11 is 0. The van der Waals surface area contributed by atoms with Gasteiger partial charge in [-0.25, -0.2) is 4.79 Å². The van der Waals surface area contributed by atoms with Crippen LogP contribution in [0.4, 0.5) is 0 Å². The van der Waals surface area contributed by atoms with E-state index in [4.69, 9.17) is 55.3 Å². The van der Waals surface area contributed by atoms with E-state index < -0.39 is 90.3 Å². The third kappa shape index (κ3) is 22.5. The highest BCUT2D eigenvalue weighted by molar-refractivity contribution is 6.76. The summed E-state index contributed by atoms with van der Waals surface area (Å²) in [6, 6.07) is 9.04. The quantitative estimate of drug-likeness (QED) is 0.0298. The highest BCUT2D eigenvalue weighted by atomic mass is 28.4. The molecule has 4 aliphatic heterocycles. The number of allylic oxidation sites excluding steroid dienone is 1. The Bertz CT molecular complexity index is 2800. The number of esters is 2. The van der Waals surface area contributed by atoms with Crippen LogP contribution in [0.2, 0.25) is 90.7 Å². The fourth-order valence-electron chi connectivity index (χ4n) is 12.2. The zero-order chi connectivity index (χ0) is 73.6. The first-order valence-corrected chi connectivity index (χ1v) is 50.9. The highest BCUT2D eigenvalue weighted by Crippen LogP contribution is 2.49. The third-order valence-electron chi connectivity index (χ3n) is 23.8. The molecule has 0 saturated carbocycles. The van der Waals surface area contributed by atoms with Gasteiger partial charge in [0, 0.05) is 32.3 Å². The van der Waals surface area contributed by atoms with E-state index in [0.29, 0.717) is 44.3 Å². The SMILES string of the molecule is C=CCC1O[C@@H](C(/C=C/C(=O)CCC2CC(=C)[C@H](CCC3CC(C)C(=C)C(C[C@@H]4OC(CC(CO[Si](C)(C)C(C)(C)C)O[Si](C)(C)C(C)(C)C)[C@H](OC)C4CC(=O)OC)O3)O2)O[Si](C)(C)C(C)(C)C)C(O[Si](C)(C)C(C)(C)C)C(O[Si](C)(C)C(C)(C)C)C1OC(=O)c1ccccc1. The topological polar surface area (TPSA) is 162 Å². The van der Waals surface area contributed by atoms with Crippen LogP contribution in [0.5, 0.6) is 0 Å². The van der Waals surface area contributed by atoms with E-state index in [9.17, 15) is 14.4 Å². The Kier molecular flexibility index (Phi) is 29.4. The van der Waals surface area contributed by atoms with Crippen LogP contribution in [0.15, 0.2) is 79.4 Å². The molecule has 16 atom stereocenters. The van der Waals surface area contributed by atoms with Crippen molar-refractivity contribution in [3.8, 4) is 0 Å². The van der Waals surface area contributed by atoms with Gasteiger partial charge in [0.2, 0.25) is 0 Å². The molecule has 4 saturated heterocycles. The Labute approximate surface area is 594 Å². The first-order chi connectivity index (χ1) is 44.3. The molecule has 5 rings (SSSR count). The second-order valence-electron chi connectivity index (χ2n) is 36.3. The van der Waals surface area contributed by atoms with Crippen LogP contribution in [0, 0.1) is 11.8 Å². The summed E-state index contributed by atoms with van der Waals surface area (Å²) in [5, 5.41) is -0.642. The van der Waals surface area contributed by atoms with Crippen LogP contribution in [-0.2, 0) is 64.9 Å². The number of rotatable bonds is 31. The van der Waals surface area contributed by atoms with Crippen LogP contribution in [-0.4, -0.2) is 166 Å². The van der Waals surface area contributed by atoms with Crippen molar-refractivity contribution < 1.29 is 69.7 Å². The summed E-state index contributed by atoms with van der Waals surface area (Å²) in [5.41, 5.74) is 2.47. The van der Waals surface area contributed by atoms with Gasteiger partial charge in [0.05, 0.1) is 80.6 Å². The van der Waals surface area contributed by atoms with E-state index in [1.807, 2.05) is 24.3 Å². The first kappa shape index (κ1) is 85.1. The van der Waals surface area contributed by atoms with Crippen molar-refractivity contribution in [1.82, 2.24) is 0 Å². The fraction of sp³-hybridized carbons (Fsp3) is 0.779. The summed E-state index contributed by atoms with van der Waals surface area (Å²) in [4.78, 5) is 41.9. The molecule has 0 amide bonds. The Morgan fingerprint density at radius 2 is 1.16 bits per heavy atom. The minimum Gasteiger partial charge on any atom is -0.469 e. The predicted molar refractivity (Wildman–Crippen MR) is 406 cm³/mol. The van der Waals surface area contributed by atoms with E-state index in [1.54, 1.807) is 31.4 Å².